The lowest BCUT2D eigenvalue weighted by Crippen LogP contribution is -2.42. The van der Waals surface area contributed by atoms with E-state index in [4.69, 9.17) is 4.55 Å². The molecule has 2 aromatic carbocycles. The number of nitrogens with one attached hydrogen (secondary N) is 2. The lowest BCUT2D eigenvalue weighted by atomic mass is 10.0. The molecule has 1 atom stereocenters. The van der Waals surface area contributed by atoms with Crippen molar-refractivity contribution >= 4 is 27.6 Å². The number of nitrogens with zero attached hydrogens (tertiary/aromatic N) is 1. The van der Waals surface area contributed by atoms with Crippen molar-refractivity contribution in [3.63, 3.8) is 0 Å². The molecule has 2 rings (SSSR count). The van der Waals surface area contributed by atoms with Crippen molar-refractivity contribution in [2.45, 2.75) is 46.1 Å². The minimum atomic E-state index is -4.36. The second kappa shape index (κ2) is 11.5. The maximum Gasteiger partial charge on any atom is 0.357 e. The van der Waals surface area contributed by atoms with Crippen molar-refractivity contribution in [1.82, 2.24) is 5.32 Å². The minimum absolute atomic E-state index is 0.0993. The second-order valence-corrected chi connectivity index (χ2v) is 8.41. The SMILES string of the molecule is C/C=C(/CC)N=C(C)[C@H](Cc1ccc(NS(=O)(=O)O)cc1)NC(=O)Cc1ccccc1F. The van der Waals surface area contributed by atoms with Crippen molar-refractivity contribution in [2.24, 2.45) is 4.99 Å². The average molecular weight is 462 g/mol. The van der Waals surface area contributed by atoms with Crippen LogP contribution in [-0.4, -0.2) is 30.6 Å². The van der Waals surface area contributed by atoms with E-state index in [-0.39, 0.29) is 18.0 Å². The quantitative estimate of drug-likeness (QED) is 0.366. The summed E-state index contributed by atoms with van der Waals surface area (Å²) in [7, 11) is -4.36. The molecule has 2 aromatic rings. The Balaban J connectivity index is 2.22. The number of halogens is 1. The molecule has 0 spiro atoms. The molecule has 0 unspecified atom stereocenters. The first-order valence-electron chi connectivity index (χ1n) is 10.2. The van der Waals surface area contributed by atoms with E-state index in [0.717, 1.165) is 17.7 Å². The van der Waals surface area contributed by atoms with Gasteiger partial charge in [0.1, 0.15) is 5.82 Å². The van der Waals surface area contributed by atoms with Crippen LogP contribution in [0.15, 0.2) is 65.3 Å². The van der Waals surface area contributed by atoms with Crippen molar-refractivity contribution < 1.29 is 22.2 Å². The zero-order valence-corrected chi connectivity index (χ0v) is 19.1. The lowest BCUT2D eigenvalue weighted by molar-refractivity contribution is -0.120. The summed E-state index contributed by atoms with van der Waals surface area (Å²) < 4.78 is 46.7. The average Bonchev–Trinajstić information content (AvgIpc) is 2.73. The molecule has 0 aliphatic rings. The van der Waals surface area contributed by atoms with Gasteiger partial charge in [-0.05, 0) is 56.0 Å². The number of aliphatic imine (C=N–C) groups is 1. The number of hydrogen-bond donors (Lipinski definition) is 3. The third kappa shape index (κ3) is 8.24. The zero-order chi connectivity index (χ0) is 23.7. The van der Waals surface area contributed by atoms with Crippen molar-refractivity contribution in [2.75, 3.05) is 4.72 Å². The van der Waals surface area contributed by atoms with Gasteiger partial charge in [0.15, 0.2) is 0 Å². The summed E-state index contributed by atoms with van der Waals surface area (Å²) in [6.45, 7) is 5.70. The smallest absolute Gasteiger partial charge is 0.347 e. The fraction of sp³-hybridized carbons (Fsp3) is 0.304. The highest BCUT2D eigenvalue weighted by molar-refractivity contribution is 7.87. The topological polar surface area (TPSA) is 108 Å². The predicted octanol–water partition coefficient (Wildman–Crippen LogP) is 4.09. The number of rotatable bonds is 10. The van der Waals surface area contributed by atoms with E-state index in [1.54, 1.807) is 30.3 Å². The first kappa shape index (κ1) is 25.2. The van der Waals surface area contributed by atoms with E-state index >= 15 is 0 Å². The second-order valence-electron chi connectivity index (χ2n) is 7.25. The Kier molecular flexibility index (Phi) is 9.10. The van der Waals surface area contributed by atoms with Crippen molar-refractivity contribution in [3.05, 3.63) is 77.2 Å². The van der Waals surface area contributed by atoms with Gasteiger partial charge in [0.2, 0.25) is 5.91 Å². The molecule has 1 amide bonds. The number of benzene rings is 2. The molecule has 7 nitrogen and oxygen atoms in total. The Morgan fingerprint density at radius 1 is 1.19 bits per heavy atom. The highest BCUT2D eigenvalue weighted by Gasteiger charge is 2.18. The number of anilines is 1. The molecule has 0 heterocycles. The maximum absolute atomic E-state index is 13.9. The predicted molar refractivity (Wildman–Crippen MR) is 125 cm³/mol. The molecule has 9 heteroatoms. The van der Waals surface area contributed by atoms with Crippen LogP contribution in [0.1, 0.15) is 38.3 Å². The number of carbonyl (C=O) groups is 1. The molecule has 32 heavy (non-hydrogen) atoms. The third-order valence-electron chi connectivity index (χ3n) is 4.80. The number of allylic oxidation sites excluding steroid dienone is 2. The van der Waals surface area contributed by atoms with Crippen LogP contribution >= 0.6 is 0 Å². The van der Waals surface area contributed by atoms with Gasteiger partial charge in [-0.3, -0.25) is 19.1 Å². The summed E-state index contributed by atoms with van der Waals surface area (Å²) in [5.74, 6) is -0.772. The Morgan fingerprint density at radius 2 is 1.84 bits per heavy atom. The van der Waals surface area contributed by atoms with Crippen LogP contribution in [0.3, 0.4) is 0 Å². The normalized spacial score (nSPS) is 13.5. The molecule has 0 bridgehead atoms. The Hall–Kier alpha value is -3.04. The molecule has 0 saturated carbocycles. The number of amides is 1. The third-order valence-corrected chi connectivity index (χ3v) is 5.30. The molecule has 0 aliphatic heterocycles. The first-order valence-corrected chi connectivity index (χ1v) is 11.6. The van der Waals surface area contributed by atoms with Crippen LogP contribution in [-0.2, 0) is 27.9 Å². The standard InChI is InChI=1S/C23H28FN3O4S/c1-4-19(5-2)25-16(3)22(26-23(28)15-18-8-6-7-9-21(18)24)14-17-10-12-20(13-11-17)27-32(29,30)31/h4,6-13,22,27H,5,14-15H2,1-3H3,(H,26,28)(H,29,30,31)/b19-4-,25-16?/t22-/m0/s1. The molecular weight excluding hydrogens is 433 g/mol. The minimum Gasteiger partial charge on any atom is -0.347 e. The van der Waals surface area contributed by atoms with Gasteiger partial charge >= 0.3 is 10.3 Å². The van der Waals surface area contributed by atoms with Crippen LogP contribution in [0.2, 0.25) is 0 Å². The largest absolute Gasteiger partial charge is 0.357 e. The van der Waals surface area contributed by atoms with Crippen LogP contribution in [0.4, 0.5) is 10.1 Å². The van der Waals surface area contributed by atoms with Gasteiger partial charge in [-0.1, -0.05) is 43.3 Å². The van der Waals surface area contributed by atoms with Gasteiger partial charge in [-0.25, -0.2) is 4.39 Å². The van der Waals surface area contributed by atoms with Gasteiger partial charge in [0.25, 0.3) is 0 Å². The van der Waals surface area contributed by atoms with Crippen LogP contribution in [0.5, 0.6) is 0 Å². The highest BCUT2D eigenvalue weighted by Crippen LogP contribution is 2.14. The molecule has 172 valence electrons. The highest BCUT2D eigenvalue weighted by atomic mass is 32.2. The molecule has 0 radical (unpaired) electrons. The van der Waals surface area contributed by atoms with Gasteiger partial charge < -0.3 is 5.32 Å². The molecule has 0 aromatic heterocycles. The zero-order valence-electron chi connectivity index (χ0n) is 18.3. The fourth-order valence-electron chi connectivity index (χ4n) is 3.11. The van der Waals surface area contributed by atoms with E-state index in [2.05, 4.69) is 10.3 Å². The summed E-state index contributed by atoms with van der Waals surface area (Å²) in [6.07, 6.45) is 2.93. The van der Waals surface area contributed by atoms with Gasteiger partial charge in [-0.2, -0.15) is 8.42 Å². The van der Waals surface area contributed by atoms with Crippen molar-refractivity contribution in [1.29, 1.82) is 0 Å². The van der Waals surface area contributed by atoms with Crippen LogP contribution in [0.25, 0.3) is 0 Å². The summed E-state index contributed by atoms with van der Waals surface area (Å²) in [5.41, 5.74) is 2.91. The number of carbonyl (C=O) groups excluding carboxylic acids is 1. The summed E-state index contributed by atoms with van der Waals surface area (Å²) >= 11 is 0. The van der Waals surface area contributed by atoms with E-state index in [1.165, 1.54) is 18.2 Å². The Bertz CT molecular complexity index is 1100. The molecule has 0 fully saturated rings. The molecular formula is C23H28FN3O4S. The summed E-state index contributed by atoms with van der Waals surface area (Å²) in [6, 6.07) is 12.1. The van der Waals surface area contributed by atoms with E-state index in [0.29, 0.717) is 17.7 Å². The van der Waals surface area contributed by atoms with Crippen LogP contribution in [0, 0.1) is 5.82 Å². The van der Waals surface area contributed by atoms with Crippen LogP contribution < -0.4 is 10.0 Å². The Morgan fingerprint density at radius 3 is 2.41 bits per heavy atom. The van der Waals surface area contributed by atoms with E-state index < -0.39 is 22.2 Å². The van der Waals surface area contributed by atoms with Crippen molar-refractivity contribution in [3.8, 4) is 0 Å². The number of hydrogen-bond acceptors (Lipinski definition) is 4. The monoisotopic (exact) mass is 461 g/mol. The maximum atomic E-state index is 13.9. The Labute approximate surface area is 188 Å². The van der Waals surface area contributed by atoms with Gasteiger partial charge in [0, 0.05) is 11.4 Å². The molecule has 0 saturated heterocycles. The summed E-state index contributed by atoms with van der Waals surface area (Å²) in [4.78, 5) is 17.3. The van der Waals surface area contributed by atoms with E-state index in [9.17, 15) is 17.6 Å². The molecule has 0 aliphatic carbocycles. The van der Waals surface area contributed by atoms with Gasteiger partial charge in [-0.15, -0.1) is 0 Å². The van der Waals surface area contributed by atoms with Gasteiger partial charge in [0.05, 0.1) is 18.2 Å². The van der Waals surface area contributed by atoms with E-state index in [1.807, 2.05) is 31.6 Å². The molecule has 3 N–H and O–H groups in total. The fourth-order valence-corrected chi connectivity index (χ4v) is 3.54. The lowest BCUT2D eigenvalue weighted by Gasteiger charge is -2.20. The first-order chi connectivity index (χ1) is 15.1. The summed E-state index contributed by atoms with van der Waals surface area (Å²) in [5, 5.41) is 2.93.